The molecule has 0 aliphatic heterocycles. The van der Waals surface area contributed by atoms with Crippen molar-refractivity contribution in [3.63, 3.8) is 0 Å². The number of hydrogen-bond acceptors (Lipinski definition) is 5. The molecule has 23 heavy (non-hydrogen) atoms. The average Bonchev–Trinajstić information content (AvgIpc) is 3.06. The lowest BCUT2D eigenvalue weighted by atomic mass is 10.2. The standard InChI is InChI=1S/C17H15NO3S2/c1-12-3-9-15(10-4-12)23(19,20)17-16(22-11-18-17)13-5-7-14(21-2)8-6-13/h3-11H,1-2H3. The molecule has 0 saturated heterocycles. The van der Waals surface area contributed by atoms with E-state index >= 15 is 0 Å². The third-order valence-corrected chi connectivity index (χ3v) is 6.19. The molecule has 0 amide bonds. The van der Waals surface area contributed by atoms with E-state index in [9.17, 15) is 8.42 Å². The summed E-state index contributed by atoms with van der Waals surface area (Å²) in [5.74, 6) is 0.723. The van der Waals surface area contributed by atoms with Gasteiger partial charge in [-0.3, -0.25) is 0 Å². The number of rotatable bonds is 4. The Hall–Kier alpha value is -2.18. The summed E-state index contributed by atoms with van der Waals surface area (Å²) in [5.41, 5.74) is 3.37. The van der Waals surface area contributed by atoms with Gasteiger partial charge in [-0.25, -0.2) is 13.4 Å². The molecule has 3 aromatic rings. The molecular formula is C17H15NO3S2. The van der Waals surface area contributed by atoms with Crippen molar-refractivity contribution in [2.45, 2.75) is 16.8 Å². The lowest BCUT2D eigenvalue weighted by Gasteiger charge is -2.06. The number of benzene rings is 2. The van der Waals surface area contributed by atoms with Gasteiger partial charge in [0.2, 0.25) is 9.84 Å². The molecule has 3 rings (SSSR count). The van der Waals surface area contributed by atoms with Crippen LogP contribution >= 0.6 is 11.3 Å². The van der Waals surface area contributed by atoms with Gasteiger partial charge in [0, 0.05) is 0 Å². The highest BCUT2D eigenvalue weighted by Crippen LogP contribution is 2.34. The lowest BCUT2D eigenvalue weighted by molar-refractivity contribution is 0.415. The normalized spacial score (nSPS) is 11.4. The predicted octanol–water partition coefficient (Wildman–Crippen LogP) is 3.96. The second kappa shape index (κ2) is 6.14. The van der Waals surface area contributed by atoms with E-state index in [1.807, 2.05) is 19.1 Å². The molecule has 0 spiro atoms. The van der Waals surface area contributed by atoms with Crippen LogP contribution in [0.1, 0.15) is 5.56 Å². The second-order valence-electron chi connectivity index (χ2n) is 5.03. The molecule has 0 aliphatic carbocycles. The van der Waals surface area contributed by atoms with E-state index in [0.29, 0.717) is 4.88 Å². The van der Waals surface area contributed by atoms with Crippen LogP contribution in [0.15, 0.2) is 64.0 Å². The Kier molecular flexibility index (Phi) is 4.19. The highest BCUT2D eigenvalue weighted by Gasteiger charge is 2.25. The van der Waals surface area contributed by atoms with Crippen LogP contribution in [0.3, 0.4) is 0 Å². The van der Waals surface area contributed by atoms with Crippen LogP contribution < -0.4 is 4.74 Å². The highest BCUT2D eigenvalue weighted by molar-refractivity contribution is 7.91. The molecule has 1 heterocycles. The van der Waals surface area contributed by atoms with Crippen LogP contribution in [0.2, 0.25) is 0 Å². The maximum absolute atomic E-state index is 12.8. The Morgan fingerprint density at radius 2 is 1.65 bits per heavy atom. The number of ether oxygens (including phenoxy) is 1. The molecule has 0 unspecified atom stereocenters. The summed E-state index contributed by atoms with van der Waals surface area (Å²) in [6.45, 7) is 1.92. The zero-order valence-corrected chi connectivity index (χ0v) is 14.3. The van der Waals surface area contributed by atoms with Gasteiger partial charge in [-0.1, -0.05) is 17.7 Å². The second-order valence-corrected chi connectivity index (χ2v) is 7.75. The van der Waals surface area contributed by atoms with Crippen LogP contribution in [0, 0.1) is 6.92 Å². The number of aryl methyl sites for hydroxylation is 1. The SMILES string of the molecule is COc1ccc(-c2scnc2S(=O)(=O)c2ccc(C)cc2)cc1. The van der Waals surface area contributed by atoms with Gasteiger partial charge in [0.1, 0.15) is 5.75 Å². The Bertz CT molecular complexity index is 911. The Morgan fingerprint density at radius 1 is 1.00 bits per heavy atom. The van der Waals surface area contributed by atoms with Gasteiger partial charge in [0.05, 0.1) is 22.4 Å². The summed E-state index contributed by atoms with van der Waals surface area (Å²) in [7, 11) is -2.05. The Balaban J connectivity index is 2.07. The molecule has 4 nitrogen and oxygen atoms in total. The topological polar surface area (TPSA) is 56.3 Å². The van der Waals surface area contributed by atoms with Crippen molar-refractivity contribution < 1.29 is 13.2 Å². The minimum Gasteiger partial charge on any atom is -0.497 e. The van der Waals surface area contributed by atoms with E-state index in [-0.39, 0.29) is 9.92 Å². The molecule has 0 bridgehead atoms. The number of sulfone groups is 1. The lowest BCUT2D eigenvalue weighted by Crippen LogP contribution is -2.03. The Morgan fingerprint density at radius 3 is 2.26 bits per heavy atom. The first-order chi connectivity index (χ1) is 11.0. The maximum Gasteiger partial charge on any atom is 0.225 e. The van der Waals surface area contributed by atoms with Crippen LogP contribution in [0.25, 0.3) is 10.4 Å². The number of aromatic nitrogens is 1. The van der Waals surface area contributed by atoms with E-state index in [0.717, 1.165) is 16.9 Å². The quantitative estimate of drug-likeness (QED) is 0.718. The predicted molar refractivity (Wildman–Crippen MR) is 90.7 cm³/mol. The van der Waals surface area contributed by atoms with E-state index in [2.05, 4.69) is 4.98 Å². The van der Waals surface area contributed by atoms with Gasteiger partial charge < -0.3 is 4.74 Å². The van der Waals surface area contributed by atoms with Crippen molar-refractivity contribution in [3.8, 4) is 16.2 Å². The van der Waals surface area contributed by atoms with Crippen molar-refractivity contribution in [2.75, 3.05) is 7.11 Å². The van der Waals surface area contributed by atoms with E-state index < -0.39 is 9.84 Å². The van der Waals surface area contributed by atoms with Crippen LogP contribution in [0.5, 0.6) is 5.75 Å². The first kappa shape index (κ1) is 15.7. The van der Waals surface area contributed by atoms with Crippen LogP contribution in [0.4, 0.5) is 0 Å². The third kappa shape index (κ3) is 3.00. The van der Waals surface area contributed by atoms with Crippen molar-refractivity contribution >= 4 is 21.2 Å². The maximum atomic E-state index is 12.8. The molecule has 2 aromatic carbocycles. The molecule has 0 saturated carbocycles. The average molecular weight is 345 g/mol. The third-order valence-electron chi connectivity index (χ3n) is 3.47. The first-order valence-electron chi connectivity index (χ1n) is 6.92. The number of methoxy groups -OCH3 is 1. The summed E-state index contributed by atoms with van der Waals surface area (Å²) in [6.07, 6.45) is 0. The highest BCUT2D eigenvalue weighted by atomic mass is 32.2. The summed E-state index contributed by atoms with van der Waals surface area (Å²) in [4.78, 5) is 4.99. The Labute approximate surface area is 139 Å². The zero-order chi connectivity index (χ0) is 16.4. The number of hydrogen-bond donors (Lipinski definition) is 0. The van der Waals surface area contributed by atoms with E-state index in [1.54, 1.807) is 49.0 Å². The molecule has 0 aliphatic rings. The molecule has 6 heteroatoms. The number of nitrogens with zero attached hydrogens (tertiary/aromatic N) is 1. The summed E-state index contributed by atoms with van der Waals surface area (Å²) in [6, 6.07) is 14.1. The van der Waals surface area contributed by atoms with Crippen molar-refractivity contribution in [1.82, 2.24) is 4.98 Å². The van der Waals surface area contributed by atoms with Gasteiger partial charge in [-0.05, 0) is 48.9 Å². The van der Waals surface area contributed by atoms with Gasteiger partial charge in [-0.15, -0.1) is 11.3 Å². The van der Waals surface area contributed by atoms with Gasteiger partial charge in [-0.2, -0.15) is 0 Å². The fraction of sp³-hybridized carbons (Fsp3) is 0.118. The molecule has 118 valence electrons. The first-order valence-corrected chi connectivity index (χ1v) is 9.28. The van der Waals surface area contributed by atoms with Crippen molar-refractivity contribution in [2.24, 2.45) is 0 Å². The fourth-order valence-corrected chi connectivity index (χ4v) is 4.69. The summed E-state index contributed by atoms with van der Waals surface area (Å²) in [5, 5.41) is 0.0940. The minimum absolute atomic E-state index is 0.0940. The molecule has 0 atom stereocenters. The molecule has 0 radical (unpaired) electrons. The van der Waals surface area contributed by atoms with Crippen LogP contribution in [-0.2, 0) is 9.84 Å². The largest absolute Gasteiger partial charge is 0.497 e. The van der Waals surface area contributed by atoms with Crippen molar-refractivity contribution in [1.29, 1.82) is 0 Å². The summed E-state index contributed by atoms with van der Waals surface area (Å²) >= 11 is 1.31. The van der Waals surface area contributed by atoms with Gasteiger partial charge in [0.25, 0.3) is 0 Å². The molecule has 0 fully saturated rings. The zero-order valence-electron chi connectivity index (χ0n) is 12.7. The van der Waals surface area contributed by atoms with E-state index in [4.69, 9.17) is 4.74 Å². The van der Waals surface area contributed by atoms with Gasteiger partial charge in [0.15, 0.2) is 5.03 Å². The fourth-order valence-electron chi connectivity index (χ4n) is 2.19. The smallest absolute Gasteiger partial charge is 0.225 e. The number of thiazole rings is 1. The van der Waals surface area contributed by atoms with Gasteiger partial charge >= 0.3 is 0 Å². The minimum atomic E-state index is -3.64. The summed E-state index contributed by atoms with van der Waals surface area (Å²) < 4.78 is 30.8. The van der Waals surface area contributed by atoms with Crippen LogP contribution in [-0.4, -0.2) is 20.5 Å². The molecule has 0 N–H and O–H groups in total. The monoisotopic (exact) mass is 345 g/mol. The molecular weight excluding hydrogens is 330 g/mol. The van der Waals surface area contributed by atoms with Crippen molar-refractivity contribution in [3.05, 3.63) is 59.6 Å². The molecule has 1 aromatic heterocycles. The van der Waals surface area contributed by atoms with E-state index in [1.165, 1.54) is 11.3 Å².